The molecule has 0 spiro atoms. The first-order chi connectivity index (χ1) is 8.04. The first kappa shape index (κ1) is 11.6. The third-order valence-electron chi connectivity index (χ3n) is 3.19. The molecule has 0 saturated carbocycles. The fourth-order valence-electron chi connectivity index (χ4n) is 1.92. The lowest BCUT2D eigenvalue weighted by atomic mass is 10.1. The van der Waals surface area contributed by atoms with Crippen molar-refractivity contribution in [2.24, 2.45) is 0 Å². The highest BCUT2D eigenvalue weighted by atomic mass is 16.1. The van der Waals surface area contributed by atoms with Crippen LogP contribution < -0.4 is 0 Å². The third-order valence-corrected chi connectivity index (χ3v) is 3.19. The summed E-state index contributed by atoms with van der Waals surface area (Å²) in [4.78, 5) is 11.1. The molecule has 3 nitrogen and oxygen atoms in total. The van der Waals surface area contributed by atoms with E-state index in [1.807, 2.05) is 50.6 Å². The minimum Gasteiger partial charge on any atom is -0.298 e. The van der Waals surface area contributed by atoms with E-state index in [1.165, 1.54) is 5.56 Å². The van der Waals surface area contributed by atoms with Crippen LogP contribution in [0.1, 0.15) is 32.9 Å². The maximum absolute atomic E-state index is 11.1. The maximum atomic E-state index is 11.1. The Morgan fingerprint density at radius 2 is 1.88 bits per heavy atom. The standard InChI is InChI=1S/C14H16N2O/c1-9-5-6-14(13(7-9)8-17)16-12(4)10(2)11(3)15-16/h5-8H,1-4H3. The van der Waals surface area contributed by atoms with Crippen molar-refractivity contribution >= 4 is 6.29 Å². The Labute approximate surface area is 101 Å². The van der Waals surface area contributed by atoms with Gasteiger partial charge in [0.25, 0.3) is 0 Å². The molecule has 1 heterocycles. The third kappa shape index (κ3) is 1.88. The topological polar surface area (TPSA) is 34.9 Å². The van der Waals surface area contributed by atoms with E-state index in [0.717, 1.165) is 28.9 Å². The van der Waals surface area contributed by atoms with Crippen LogP contribution in [0.15, 0.2) is 18.2 Å². The van der Waals surface area contributed by atoms with E-state index in [9.17, 15) is 4.79 Å². The number of rotatable bonds is 2. The number of aryl methyl sites for hydroxylation is 2. The molecule has 0 fully saturated rings. The van der Waals surface area contributed by atoms with E-state index < -0.39 is 0 Å². The first-order valence-electron chi connectivity index (χ1n) is 5.63. The quantitative estimate of drug-likeness (QED) is 0.741. The molecule has 0 aliphatic heterocycles. The maximum Gasteiger partial charge on any atom is 0.152 e. The molecule has 0 N–H and O–H groups in total. The average molecular weight is 228 g/mol. The van der Waals surface area contributed by atoms with Gasteiger partial charge in [0.15, 0.2) is 6.29 Å². The number of aromatic nitrogens is 2. The fraction of sp³-hybridized carbons (Fsp3) is 0.286. The number of benzene rings is 1. The molecule has 0 aliphatic rings. The fourth-order valence-corrected chi connectivity index (χ4v) is 1.92. The van der Waals surface area contributed by atoms with Crippen molar-refractivity contribution in [2.45, 2.75) is 27.7 Å². The molecule has 0 amide bonds. The monoisotopic (exact) mass is 228 g/mol. The second-order valence-electron chi connectivity index (χ2n) is 4.39. The van der Waals surface area contributed by atoms with Gasteiger partial charge < -0.3 is 0 Å². The summed E-state index contributed by atoms with van der Waals surface area (Å²) in [7, 11) is 0. The van der Waals surface area contributed by atoms with Crippen molar-refractivity contribution in [1.82, 2.24) is 9.78 Å². The van der Waals surface area contributed by atoms with Crippen molar-refractivity contribution in [3.8, 4) is 5.69 Å². The second-order valence-corrected chi connectivity index (χ2v) is 4.39. The van der Waals surface area contributed by atoms with Crippen LogP contribution in [-0.4, -0.2) is 16.1 Å². The van der Waals surface area contributed by atoms with E-state index >= 15 is 0 Å². The van der Waals surface area contributed by atoms with Crippen LogP contribution in [0, 0.1) is 27.7 Å². The largest absolute Gasteiger partial charge is 0.298 e. The Morgan fingerprint density at radius 3 is 2.41 bits per heavy atom. The molecule has 1 aromatic heterocycles. The lowest BCUT2D eigenvalue weighted by Crippen LogP contribution is -2.03. The molecule has 17 heavy (non-hydrogen) atoms. The van der Waals surface area contributed by atoms with Gasteiger partial charge in [-0.2, -0.15) is 5.10 Å². The van der Waals surface area contributed by atoms with Gasteiger partial charge in [-0.3, -0.25) is 4.79 Å². The molecule has 0 unspecified atom stereocenters. The minimum absolute atomic E-state index is 0.676. The SMILES string of the molecule is Cc1ccc(-n2nc(C)c(C)c2C)c(C=O)c1. The zero-order chi connectivity index (χ0) is 12.6. The number of hydrogen-bond donors (Lipinski definition) is 0. The zero-order valence-corrected chi connectivity index (χ0v) is 10.6. The van der Waals surface area contributed by atoms with E-state index in [-0.39, 0.29) is 0 Å². The molecule has 2 rings (SSSR count). The summed E-state index contributed by atoms with van der Waals surface area (Å²) in [6.45, 7) is 8.02. The van der Waals surface area contributed by atoms with Crippen LogP contribution in [0.5, 0.6) is 0 Å². The highest BCUT2D eigenvalue weighted by Crippen LogP contribution is 2.20. The van der Waals surface area contributed by atoms with Crippen LogP contribution in [0.2, 0.25) is 0 Å². The lowest BCUT2D eigenvalue weighted by Gasteiger charge is -2.08. The van der Waals surface area contributed by atoms with Crippen LogP contribution in [-0.2, 0) is 0 Å². The highest BCUT2D eigenvalue weighted by molar-refractivity contribution is 5.81. The summed E-state index contributed by atoms with van der Waals surface area (Å²) >= 11 is 0. The Balaban J connectivity index is 2.68. The van der Waals surface area contributed by atoms with Gasteiger partial charge in [0, 0.05) is 11.3 Å². The summed E-state index contributed by atoms with van der Waals surface area (Å²) in [5.74, 6) is 0. The summed E-state index contributed by atoms with van der Waals surface area (Å²) < 4.78 is 1.84. The number of hydrogen-bond acceptors (Lipinski definition) is 2. The summed E-state index contributed by atoms with van der Waals surface area (Å²) in [5.41, 5.74) is 5.85. The predicted molar refractivity (Wildman–Crippen MR) is 67.9 cm³/mol. The van der Waals surface area contributed by atoms with E-state index in [0.29, 0.717) is 5.56 Å². The molecule has 0 saturated heterocycles. The van der Waals surface area contributed by atoms with Crippen molar-refractivity contribution in [3.05, 3.63) is 46.3 Å². The van der Waals surface area contributed by atoms with Gasteiger partial charge in [0.05, 0.1) is 11.4 Å². The zero-order valence-electron chi connectivity index (χ0n) is 10.6. The Morgan fingerprint density at radius 1 is 1.18 bits per heavy atom. The van der Waals surface area contributed by atoms with Crippen molar-refractivity contribution in [3.63, 3.8) is 0 Å². The second kappa shape index (κ2) is 4.17. The van der Waals surface area contributed by atoms with E-state index in [2.05, 4.69) is 5.10 Å². The van der Waals surface area contributed by atoms with Gasteiger partial charge in [0.1, 0.15) is 0 Å². The molecule has 3 heteroatoms. The van der Waals surface area contributed by atoms with Gasteiger partial charge in [-0.05, 0) is 45.4 Å². The van der Waals surface area contributed by atoms with Gasteiger partial charge in [-0.25, -0.2) is 4.68 Å². The molecular formula is C14H16N2O. The van der Waals surface area contributed by atoms with E-state index in [1.54, 1.807) is 0 Å². The molecule has 88 valence electrons. The number of aldehydes is 1. The van der Waals surface area contributed by atoms with Crippen LogP contribution in [0.4, 0.5) is 0 Å². The average Bonchev–Trinajstić information content (AvgIpc) is 2.57. The first-order valence-corrected chi connectivity index (χ1v) is 5.63. The van der Waals surface area contributed by atoms with Crippen molar-refractivity contribution in [2.75, 3.05) is 0 Å². The summed E-state index contributed by atoms with van der Waals surface area (Å²) in [6.07, 6.45) is 0.883. The Hall–Kier alpha value is -1.90. The van der Waals surface area contributed by atoms with Crippen molar-refractivity contribution < 1.29 is 4.79 Å². The Bertz CT molecular complexity index is 582. The highest BCUT2D eigenvalue weighted by Gasteiger charge is 2.11. The molecule has 2 aromatic rings. The number of nitrogens with zero attached hydrogens (tertiary/aromatic N) is 2. The predicted octanol–water partition coefficient (Wildman–Crippen LogP) is 2.92. The van der Waals surface area contributed by atoms with Gasteiger partial charge in [0.2, 0.25) is 0 Å². The van der Waals surface area contributed by atoms with Crippen LogP contribution in [0.3, 0.4) is 0 Å². The van der Waals surface area contributed by atoms with Crippen LogP contribution in [0.25, 0.3) is 5.69 Å². The molecular weight excluding hydrogens is 212 g/mol. The minimum atomic E-state index is 0.676. The van der Waals surface area contributed by atoms with E-state index in [4.69, 9.17) is 0 Å². The molecule has 0 atom stereocenters. The Kier molecular flexibility index (Phi) is 2.84. The van der Waals surface area contributed by atoms with Gasteiger partial charge in [-0.1, -0.05) is 11.6 Å². The number of carbonyl (C=O) groups excluding carboxylic acids is 1. The van der Waals surface area contributed by atoms with Crippen LogP contribution >= 0.6 is 0 Å². The lowest BCUT2D eigenvalue weighted by molar-refractivity contribution is 0.112. The smallest absolute Gasteiger partial charge is 0.152 e. The van der Waals surface area contributed by atoms with Gasteiger partial charge >= 0.3 is 0 Å². The number of carbonyl (C=O) groups is 1. The molecule has 0 radical (unpaired) electrons. The summed E-state index contributed by atoms with van der Waals surface area (Å²) in [5, 5.41) is 4.48. The van der Waals surface area contributed by atoms with Gasteiger partial charge in [-0.15, -0.1) is 0 Å². The molecule has 0 aliphatic carbocycles. The molecule has 0 bridgehead atoms. The summed E-state index contributed by atoms with van der Waals surface area (Å²) in [6, 6.07) is 5.82. The van der Waals surface area contributed by atoms with Crippen molar-refractivity contribution in [1.29, 1.82) is 0 Å². The molecule has 1 aromatic carbocycles. The normalized spacial score (nSPS) is 10.6.